The van der Waals surface area contributed by atoms with E-state index in [1.165, 1.54) is 4.90 Å². The Labute approximate surface area is 139 Å². The minimum Gasteiger partial charge on any atom is -0.375 e. The van der Waals surface area contributed by atoms with Crippen molar-refractivity contribution < 1.29 is 14.7 Å². The van der Waals surface area contributed by atoms with Crippen molar-refractivity contribution in [3.8, 4) is 0 Å². The zero-order valence-electron chi connectivity index (χ0n) is 12.6. The number of likely N-dealkylation sites (N-methyl/N-ethyl adjacent to an activating group) is 1. The molecule has 1 aliphatic heterocycles. The summed E-state index contributed by atoms with van der Waals surface area (Å²) in [7, 11) is 0. The van der Waals surface area contributed by atoms with Gasteiger partial charge in [-0.3, -0.25) is 9.59 Å². The van der Waals surface area contributed by atoms with Crippen molar-refractivity contribution in [1.29, 1.82) is 0 Å². The van der Waals surface area contributed by atoms with Crippen LogP contribution >= 0.6 is 11.6 Å². The van der Waals surface area contributed by atoms with Crippen LogP contribution in [0.4, 0.5) is 5.69 Å². The van der Waals surface area contributed by atoms with Crippen LogP contribution in [0.3, 0.4) is 0 Å². The number of rotatable bonds is 4. The number of Topliss-reactive ketones (excluding diaryl/α,β-unsaturated/α-hetero) is 1. The van der Waals surface area contributed by atoms with Gasteiger partial charge in [0.1, 0.15) is 0 Å². The molecule has 0 spiro atoms. The highest BCUT2D eigenvalue weighted by atomic mass is 35.5. The quantitative estimate of drug-likeness (QED) is 0.876. The Morgan fingerprint density at radius 2 is 1.83 bits per heavy atom. The van der Waals surface area contributed by atoms with E-state index in [1.54, 1.807) is 42.5 Å². The Hall–Kier alpha value is -2.17. The van der Waals surface area contributed by atoms with E-state index in [4.69, 9.17) is 11.6 Å². The number of carbonyl (C=O) groups excluding carboxylic acids is 2. The van der Waals surface area contributed by atoms with Crippen LogP contribution in [0.5, 0.6) is 0 Å². The normalized spacial score (nSPS) is 19.8. The maximum atomic E-state index is 12.6. The van der Waals surface area contributed by atoms with Crippen molar-refractivity contribution >= 4 is 29.0 Å². The molecule has 1 amide bonds. The Kier molecular flexibility index (Phi) is 3.96. The molecule has 3 rings (SSSR count). The molecule has 0 fully saturated rings. The maximum absolute atomic E-state index is 12.6. The average molecular weight is 330 g/mol. The lowest BCUT2D eigenvalue weighted by molar-refractivity contribution is -0.135. The summed E-state index contributed by atoms with van der Waals surface area (Å²) in [6.07, 6.45) is -0.291. The standard InChI is InChI=1S/C18H16ClNO3/c1-2-20-15-6-4-3-5-14(15)18(23,17(20)22)11-16(21)12-7-9-13(19)10-8-12/h3-10,23H,2,11H2,1H3. The summed E-state index contributed by atoms with van der Waals surface area (Å²) in [5, 5.41) is 11.5. The van der Waals surface area contributed by atoms with Crippen molar-refractivity contribution in [3.63, 3.8) is 0 Å². The first-order valence-corrected chi connectivity index (χ1v) is 7.78. The molecule has 0 saturated carbocycles. The van der Waals surface area contributed by atoms with Gasteiger partial charge < -0.3 is 10.0 Å². The molecule has 1 N–H and O–H groups in total. The van der Waals surface area contributed by atoms with E-state index < -0.39 is 11.5 Å². The first kappa shape index (κ1) is 15.7. The van der Waals surface area contributed by atoms with E-state index in [9.17, 15) is 14.7 Å². The number of hydrogen-bond donors (Lipinski definition) is 1. The van der Waals surface area contributed by atoms with Crippen LogP contribution in [0, 0.1) is 0 Å². The number of nitrogens with zero attached hydrogens (tertiary/aromatic N) is 1. The van der Waals surface area contributed by atoms with Gasteiger partial charge in [-0.1, -0.05) is 29.8 Å². The second-order valence-corrected chi connectivity index (χ2v) is 5.97. The zero-order chi connectivity index (χ0) is 16.6. The highest BCUT2D eigenvalue weighted by Crippen LogP contribution is 2.42. The molecule has 1 heterocycles. The van der Waals surface area contributed by atoms with E-state index in [1.807, 2.05) is 13.0 Å². The number of amides is 1. The van der Waals surface area contributed by atoms with Crippen molar-refractivity contribution in [2.75, 3.05) is 11.4 Å². The summed E-state index contributed by atoms with van der Waals surface area (Å²) < 4.78 is 0. The van der Waals surface area contributed by atoms with E-state index in [2.05, 4.69) is 0 Å². The molecule has 4 nitrogen and oxygen atoms in total. The van der Waals surface area contributed by atoms with Gasteiger partial charge in [-0.15, -0.1) is 0 Å². The number of para-hydroxylation sites is 1. The Morgan fingerprint density at radius 3 is 2.48 bits per heavy atom. The predicted octanol–water partition coefficient (Wildman–Crippen LogP) is 3.17. The molecular formula is C18H16ClNO3. The molecule has 118 valence electrons. The number of fused-ring (bicyclic) bond motifs is 1. The fourth-order valence-electron chi connectivity index (χ4n) is 2.96. The number of hydrogen-bond acceptors (Lipinski definition) is 3. The molecule has 0 saturated heterocycles. The van der Waals surface area contributed by atoms with Crippen molar-refractivity contribution in [2.24, 2.45) is 0 Å². The summed E-state index contributed by atoms with van der Waals surface area (Å²) in [5.41, 5.74) is -0.257. The van der Waals surface area contributed by atoms with Crippen LogP contribution in [0.2, 0.25) is 5.02 Å². The molecule has 0 aromatic heterocycles. The SMILES string of the molecule is CCN1C(=O)C(O)(CC(=O)c2ccc(Cl)cc2)c2ccccc21. The van der Waals surface area contributed by atoms with Crippen molar-refractivity contribution in [3.05, 3.63) is 64.7 Å². The lowest BCUT2D eigenvalue weighted by atomic mass is 9.88. The average Bonchev–Trinajstić information content (AvgIpc) is 2.76. The second kappa shape index (κ2) is 5.80. The van der Waals surface area contributed by atoms with Gasteiger partial charge in [-0.25, -0.2) is 0 Å². The highest BCUT2D eigenvalue weighted by Gasteiger charge is 2.50. The third kappa shape index (κ3) is 2.54. The molecule has 0 bridgehead atoms. The lowest BCUT2D eigenvalue weighted by Gasteiger charge is -2.22. The van der Waals surface area contributed by atoms with Gasteiger partial charge in [0.15, 0.2) is 11.4 Å². The summed E-state index contributed by atoms with van der Waals surface area (Å²) in [4.78, 5) is 26.6. The lowest BCUT2D eigenvalue weighted by Crippen LogP contribution is -2.41. The Morgan fingerprint density at radius 1 is 1.17 bits per heavy atom. The largest absolute Gasteiger partial charge is 0.375 e. The van der Waals surface area contributed by atoms with Crippen LogP contribution in [0.25, 0.3) is 0 Å². The van der Waals surface area contributed by atoms with Crippen LogP contribution in [0.15, 0.2) is 48.5 Å². The molecule has 2 aromatic carbocycles. The van der Waals surface area contributed by atoms with Gasteiger partial charge in [-0.2, -0.15) is 0 Å². The first-order chi connectivity index (χ1) is 11.0. The van der Waals surface area contributed by atoms with Gasteiger partial charge in [-0.05, 0) is 37.3 Å². The van der Waals surface area contributed by atoms with Gasteiger partial charge in [0.25, 0.3) is 5.91 Å². The highest BCUT2D eigenvalue weighted by molar-refractivity contribution is 6.30. The van der Waals surface area contributed by atoms with Crippen LogP contribution < -0.4 is 4.90 Å². The minimum absolute atomic E-state index is 0.291. The number of benzene rings is 2. The Bertz CT molecular complexity index is 772. The predicted molar refractivity (Wildman–Crippen MR) is 88.8 cm³/mol. The topological polar surface area (TPSA) is 57.6 Å². The maximum Gasteiger partial charge on any atom is 0.264 e. The van der Waals surface area contributed by atoms with Gasteiger partial charge >= 0.3 is 0 Å². The molecular weight excluding hydrogens is 314 g/mol. The monoisotopic (exact) mass is 329 g/mol. The smallest absolute Gasteiger partial charge is 0.264 e. The van der Waals surface area contributed by atoms with Gasteiger partial charge in [0, 0.05) is 22.7 Å². The number of ketones is 1. The van der Waals surface area contributed by atoms with Gasteiger partial charge in [0.2, 0.25) is 0 Å². The Balaban J connectivity index is 1.96. The number of anilines is 1. The van der Waals surface area contributed by atoms with Crippen LogP contribution in [-0.2, 0) is 10.4 Å². The molecule has 2 aromatic rings. The number of halogens is 1. The third-order valence-corrected chi connectivity index (χ3v) is 4.39. The fraction of sp³-hybridized carbons (Fsp3) is 0.222. The molecule has 1 unspecified atom stereocenters. The summed E-state index contributed by atoms with van der Waals surface area (Å²) in [6, 6.07) is 13.4. The molecule has 1 atom stereocenters. The van der Waals surface area contributed by atoms with Crippen LogP contribution in [0.1, 0.15) is 29.3 Å². The minimum atomic E-state index is -1.82. The third-order valence-electron chi connectivity index (χ3n) is 4.14. The first-order valence-electron chi connectivity index (χ1n) is 7.40. The molecule has 0 radical (unpaired) electrons. The van der Waals surface area contributed by atoms with E-state index in [0.717, 1.165) is 0 Å². The van der Waals surface area contributed by atoms with Crippen LogP contribution in [-0.4, -0.2) is 23.3 Å². The molecule has 5 heteroatoms. The molecule has 1 aliphatic rings. The molecule has 23 heavy (non-hydrogen) atoms. The number of carbonyl (C=O) groups is 2. The van der Waals surface area contributed by atoms with E-state index in [-0.39, 0.29) is 12.2 Å². The van der Waals surface area contributed by atoms with E-state index >= 15 is 0 Å². The summed E-state index contributed by atoms with van der Waals surface area (Å²) >= 11 is 5.82. The number of aliphatic hydroxyl groups is 1. The zero-order valence-corrected chi connectivity index (χ0v) is 13.4. The summed E-state index contributed by atoms with van der Waals surface area (Å²) in [6.45, 7) is 2.27. The van der Waals surface area contributed by atoms with Crippen molar-refractivity contribution in [2.45, 2.75) is 18.9 Å². The van der Waals surface area contributed by atoms with Gasteiger partial charge in [0.05, 0.1) is 12.1 Å². The second-order valence-electron chi connectivity index (χ2n) is 5.53. The fourth-order valence-corrected chi connectivity index (χ4v) is 3.09. The van der Waals surface area contributed by atoms with Crippen molar-refractivity contribution in [1.82, 2.24) is 0 Å². The van der Waals surface area contributed by atoms with E-state index in [0.29, 0.717) is 28.4 Å². The summed E-state index contributed by atoms with van der Waals surface area (Å²) in [5.74, 6) is -0.756. The molecule has 0 aliphatic carbocycles.